The molecule has 0 saturated carbocycles. The fraction of sp³-hybridized carbons (Fsp3) is 0.700. The highest BCUT2D eigenvalue weighted by atomic mass is 32.1. The molecule has 0 unspecified atom stereocenters. The van der Waals surface area contributed by atoms with Gasteiger partial charge in [-0.15, -0.1) is 5.10 Å². The van der Waals surface area contributed by atoms with E-state index in [1.54, 1.807) is 6.92 Å². The quantitative estimate of drug-likeness (QED) is 0.828. The van der Waals surface area contributed by atoms with E-state index in [-0.39, 0.29) is 24.0 Å². The molecule has 1 heterocycles. The molecule has 90 valence electrons. The van der Waals surface area contributed by atoms with Crippen LogP contribution in [0.4, 0.5) is 0 Å². The fourth-order valence-corrected chi connectivity index (χ4v) is 1.94. The van der Waals surface area contributed by atoms with Crippen molar-refractivity contribution in [2.45, 2.75) is 39.2 Å². The van der Waals surface area contributed by atoms with Crippen LogP contribution in [-0.4, -0.2) is 33.2 Å². The molecule has 0 aliphatic carbocycles. The number of aliphatic hydroxyl groups excluding tert-OH is 1. The highest BCUT2D eigenvalue weighted by Gasteiger charge is 2.26. The number of aliphatic hydroxyl groups is 1. The second-order valence-electron chi connectivity index (χ2n) is 4.76. The predicted molar refractivity (Wildman–Crippen MR) is 62.6 cm³/mol. The molecule has 0 bridgehead atoms. The van der Waals surface area contributed by atoms with Gasteiger partial charge < -0.3 is 10.4 Å². The van der Waals surface area contributed by atoms with Crippen LogP contribution in [0.25, 0.3) is 0 Å². The molecule has 0 radical (unpaired) electrons. The lowest BCUT2D eigenvalue weighted by molar-refractivity contribution is 0.0924. The number of rotatable bonds is 3. The Morgan fingerprint density at radius 3 is 2.69 bits per heavy atom. The summed E-state index contributed by atoms with van der Waals surface area (Å²) in [4.78, 5) is 12.4. The summed E-state index contributed by atoms with van der Waals surface area (Å²) in [5.74, 6) is -0.221. The summed E-state index contributed by atoms with van der Waals surface area (Å²) in [6.07, 6.45) is 0. The van der Waals surface area contributed by atoms with E-state index < -0.39 is 0 Å². The SMILES string of the molecule is C[C@H](CO)NC(=O)c1snnc1C(C)(C)C. The minimum Gasteiger partial charge on any atom is -0.394 e. The van der Waals surface area contributed by atoms with Gasteiger partial charge in [-0.05, 0) is 18.5 Å². The molecular weight excluding hydrogens is 226 g/mol. The molecule has 0 aliphatic heterocycles. The van der Waals surface area contributed by atoms with Crippen molar-refractivity contribution in [3.8, 4) is 0 Å². The Labute approximate surface area is 99.0 Å². The van der Waals surface area contributed by atoms with Crippen molar-refractivity contribution in [3.05, 3.63) is 10.6 Å². The van der Waals surface area contributed by atoms with Crippen molar-refractivity contribution in [3.63, 3.8) is 0 Å². The lowest BCUT2D eigenvalue weighted by atomic mass is 9.91. The first-order valence-electron chi connectivity index (χ1n) is 5.10. The van der Waals surface area contributed by atoms with Crippen LogP contribution in [0.3, 0.4) is 0 Å². The number of aromatic nitrogens is 2. The monoisotopic (exact) mass is 243 g/mol. The van der Waals surface area contributed by atoms with Gasteiger partial charge in [-0.2, -0.15) is 0 Å². The van der Waals surface area contributed by atoms with Crippen molar-refractivity contribution in [2.24, 2.45) is 0 Å². The van der Waals surface area contributed by atoms with Crippen LogP contribution in [-0.2, 0) is 5.41 Å². The maximum absolute atomic E-state index is 11.9. The first-order valence-corrected chi connectivity index (χ1v) is 5.88. The zero-order chi connectivity index (χ0) is 12.3. The van der Waals surface area contributed by atoms with Gasteiger partial charge in [0.05, 0.1) is 12.3 Å². The maximum atomic E-state index is 11.9. The summed E-state index contributed by atoms with van der Waals surface area (Å²) in [5, 5.41) is 15.5. The molecule has 0 aliphatic rings. The largest absolute Gasteiger partial charge is 0.394 e. The van der Waals surface area contributed by atoms with E-state index in [1.807, 2.05) is 20.8 Å². The molecule has 2 N–H and O–H groups in total. The first kappa shape index (κ1) is 13.1. The number of nitrogens with one attached hydrogen (secondary N) is 1. The van der Waals surface area contributed by atoms with Gasteiger partial charge in [-0.3, -0.25) is 4.79 Å². The van der Waals surface area contributed by atoms with Gasteiger partial charge in [-0.1, -0.05) is 25.3 Å². The zero-order valence-electron chi connectivity index (χ0n) is 9.94. The van der Waals surface area contributed by atoms with Gasteiger partial charge in [0.25, 0.3) is 5.91 Å². The van der Waals surface area contributed by atoms with E-state index >= 15 is 0 Å². The molecule has 6 heteroatoms. The maximum Gasteiger partial charge on any atom is 0.265 e. The van der Waals surface area contributed by atoms with Crippen molar-refractivity contribution in [1.82, 2.24) is 14.9 Å². The van der Waals surface area contributed by atoms with Crippen LogP contribution >= 0.6 is 11.5 Å². The molecule has 1 amide bonds. The van der Waals surface area contributed by atoms with Crippen LogP contribution in [0.1, 0.15) is 43.1 Å². The normalized spacial score (nSPS) is 13.6. The Morgan fingerprint density at radius 1 is 1.56 bits per heavy atom. The average molecular weight is 243 g/mol. The van der Waals surface area contributed by atoms with E-state index in [1.165, 1.54) is 0 Å². The third-order valence-electron chi connectivity index (χ3n) is 2.06. The Balaban J connectivity index is 2.89. The van der Waals surface area contributed by atoms with Gasteiger partial charge in [-0.25, -0.2) is 0 Å². The summed E-state index contributed by atoms with van der Waals surface area (Å²) in [6, 6.07) is -0.262. The predicted octanol–water partition coefficient (Wildman–Crippen LogP) is 0.946. The van der Waals surface area contributed by atoms with E-state index in [2.05, 4.69) is 14.9 Å². The summed E-state index contributed by atoms with van der Waals surface area (Å²) in [7, 11) is 0. The Kier molecular flexibility index (Phi) is 3.98. The molecule has 0 spiro atoms. The number of amides is 1. The lowest BCUT2D eigenvalue weighted by Gasteiger charge is -2.17. The topological polar surface area (TPSA) is 75.1 Å². The minimum atomic E-state index is -0.262. The van der Waals surface area contributed by atoms with Crippen LogP contribution in [0, 0.1) is 0 Å². The number of carbonyl (C=O) groups is 1. The molecule has 0 saturated heterocycles. The van der Waals surface area contributed by atoms with Crippen LogP contribution in [0.2, 0.25) is 0 Å². The van der Waals surface area contributed by atoms with E-state index in [9.17, 15) is 4.79 Å². The second kappa shape index (κ2) is 4.88. The van der Waals surface area contributed by atoms with Crippen molar-refractivity contribution in [1.29, 1.82) is 0 Å². The second-order valence-corrected chi connectivity index (χ2v) is 5.51. The number of hydrogen-bond acceptors (Lipinski definition) is 5. The zero-order valence-corrected chi connectivity index (χ0v) is 10.8. The number of nitrogens with zero attached hydrogens (tertiary/aromatic N) is 2. The molecular formula is C10H17N3O2S. The van der Waals surface area contributed by atoms with Crippen molar-refractivity contribution >= 4 is 17.4 Å². The van der Waals surface area contributed by atoms with E-state index in [0.29, 0.717) is 10.6 Å². The summed E-state index contributed by atoms with van der Waals surface area (Å²) in [5.41, 5.74) is 0.488. The molecule has 1 rings (SSSR count). The Morgan fingerprint density at radius 2 is 2.19 bits per heavy atom. The molecule has 1 atom stereocenters. The summed E-state index contributed by atoms with van der Waals surface area (Å²) >= 11 is 1.08. The van der Waals surface area contributed by atoms with Crippen LogP contribution in [0.15, 0.2) is 0 Å². The van der Waals surface area contributed by atoms with Crippen LogP contribution < -0.4 is 5.32 Å². The van der Waals surface area contributed by atoms with Crippen molar-refractivity contribution < 1.29 is 9.90 Å². The Bertz CT molecular complexity index is 370. The molecule has 0 fully saturated rings. The van der Waals surface area contributed by atoms with Crippen LogP contribution in [0.5, 0.6) is 0 Å². The number of hydrogen-bond donors (Lipinski definition) is 2. The molecule has 1 aromatic heterocycles. The standard InChI is InChI=1S/C10H17N3O2S/c1-6(5-14)11-9(15)7-8(10(2,3)4)12-13-16-7/h6,14H,5H2,1-4H3,(H,11,15)/t6-/m1/s1. The van der Waals surface area contributed by atoms with E-state index in [0.717, 1.165) is 11.5 Å². The first-order chi connectivity index (χ1) is 7.36. The average Bonchev–Trinajstić information content (AvgIpc) is 2.65. The van der Waals surface area contributed by atoms with Crippen molar-refractivity contribution in [2.75, 3.05) is 6.61 Å². The van der Waals surface area contributed by atoms with Gasteiger partial charge in [0.1, 0.15) is 4.88 Å². The third kappa shape index (κ3) is 2.99. The Hall–Kier alpha value is -1.01. The third-order valence-corrected chi connectivity index (χ3v) is 2.78. The van der Waals surface area contributed by atoms with Gasteiger partial charge in [0, 0.05) is 11.5 Å². The fourth-order valence-electron chi connectivity index (χ4n) is 1.17. The van der Waals surface area contributed by atoms with Gasteiger partial charge in [0.2, 0.25) is 0 Å². The lowest BCUT2D eigenvalue weighted by Crippen LogP contribution is -2.35. The molecule has 16 heavy (non-hydrogen) atoms. The molecule has 0 aromatic carbocycles. The van der Waals surface area contributed by atoms with Gasteiger partial charge >= 0.3 is 0 Å². The summed E-state index contributed by atoms with van der Waals surface area (Å²) in [6.45, 7) is 7.61. The van der Waals surface area contributed by atoms with E-state index in [4.69, 9.17) is 5.11 Å². The smallest absolute Gasteiger partial charge is 0.265 e. The summed E-state index contributed by atoms with van der Waals surface area (Å²) < 4.78 is 3.81. The molecule has 1 aromatic rings. The highest BCUT2D eigenvalue weighted by Crippen LogP contribution is 2.25. The van der Waals surface area contributed by atoms with Gasteiger partial charge in [0.15, 0.2) is 0 Å². The highest BCUT2D eigenvalue weighted by molar-refractivity contribution is 7.08. The molecule has 5 nitrogen and oxygen atoms in total. The number of carbonyl (C=O) groups excluding carboxylic acids is 1. The minimum absolute atomic E-state index is 0.0805.